The first-order chi connectivity index (χ1) is 12.9. The molecule has 0 aliphatic carbocycles. The van der Waals surface area contributed by atoms with Gasteiger partial charge in [0.05, 0.1) is 14.2 Å². The van der Waals surface area contributed by atoms with Gasteiger partial charge in [-0.15, -0.1) is 0 Å². The number of phenols is 2. The van der Waals surface area contributed by atoms with E-state index in [0.29, 0.717) is 22.6 Å². The van der Waals surface area contributed by atoms with Crippen molar-refractivity contribution in [3.63, 3.8) is 0 Å². The second kappa shape index (κ2) is 9.29. The first kappa shape index (κ1) is 19.8. The normalized spacial score (nSPS) is 11.0. The molecule has 0 saturated heterocycles. The number of hydrogen-bond donors (Lipinski definition) is 2. The molecular formula is C22H22O5. The molecule has 0 aliphatic rings. The number of aromatic hydroxyl groups is 2. The lowest BCUT2D eigenvalue weighted by Crippen LogP contribution is -1.93. The Morgan fingerprint density at radius 3 is 1.85 bits per heavy atom. The van der Waals surface area contributed by atoms with E-state index < -0.39 is 0 Å². The van der Waals surface area contributed by atoms with Crippen LogP contribution in [0.4, 0.5) is 0 Å². The van der Waals surface area contributed by atoms with Gasteiger partial charge in [0.2, 0.25) is 0 Å². The number of benzene rings is 2. The van der Waals surface area contributed by atoms with Crippen molar-refractivity contribution in [2.24, 2.45) is 0 Å². The van der Waals surface area contributed by atoms with Crippen molar-refractivity contribution in [3.05, 3.63) is 71.8 Å². The Hall–Kier alpha value is -3.47. The van der Waals surface area contributed by atoms with Gasteiger partial charge in [-0.25, -0.2) is 0 Å². The summed E-state index contributed by atoms with van der Waals surface area (Å²) in [5.41, 5.74) is 2.10. The first-order valence-corrected chi connectivity index (χ1v) is 8.23. The van der Waals surface area contributed by atoms with Crippen molar-refractivity contribution in [2.75, 3.05) is 14.2 Å². The highest BCUT2D eigenvalue weighted by molar-refractivity contribution is 5.95. The van der Waals surface area contributed by atoms with Crippen LogP contribution in [0, 0.1) is 0 Å². The maximum Gasteiger partial charge on any atom is 0.160 e. The molecule has 0 unspecified atom stereocenters. The summed E-state index contributed by atoms with van der Waals surface area (Å²) in [6.45, 7) is 3.87. The molecule has 0 spiro atoms. The van der Waals surface area contributed by atoms with Crippen LogP contribution >= 0.6 is 0 Å². The predicted octanol–water partition coefficient (Wildman–Crippen LogP) is 4.36. The quantitative estimate of drug-likeness (QED) is 0.536. The molecule has 0 saturated carbocycles. The van der Waals surface area contributed by atoms with Gasteiger partial charge in [0.25, 0.3) is 0 Å². The van der Waals surface area contributed by atoms with E-state index in [1.165, 1.54) is 26.4 Å². The van der Waals surface area contributed by atoms with E-state index in [1.54, 1.807) is 48.6 Å². The molecule has 2 rings (SSSR count). The van der Waals surface area contributed by atoms with E-state index in [0.717, 1.165) is 5.56 Å². The average molecular weight is 366 g/mol. The maximum absolute atomic E-state index is 12.1. The van der Waals surface area contributed by atoms with Crippen molar-refractivity contribution in [3.8, 4) is 23.0 Å². The monoisotopic (exact) mass is 366 g/mol. The Bertz CT molecular complexity index is 820. The van der Waals surface area contributed by atoms with E-state index in [1.807, 2.05) is 0 Å². The summed E-state index contributed by atoms with van der Waals surface area (Å²) in [6, 6.07) is 9.92. The number of ether oxygens (including phenoxy) is 2. The zero-order valence-corrected chi connectivity index (χ0v) is 15.3. The van der Waals surface area contributed by atoms with E-state index in [9.17, 15) is 15.0 Å². The molecule has 2 aromatic carbocycles. The van der Waals surface area contributed by atoms with E-state index >= 15 is 0 Å². The third-order valence-corrected chi connectivity index (χ3v) is 3.78. The van der Waals surface area contributed by atoms with E-state index in [2.05, 4.69) is 6.58 Å². The standard InChI is InChI=1S/C22H22O5/c1-15(4-5-16-7-10-21(26-2)19(24)13-16)12-18(23)9-6-17-8-11-22(27-3)20(25)14-17/h4-11,13-14,24-25H,1,12H2,2-3H3/b5-4+,9-6+. The van der Waals surface area contributed by atoms with Gasteiger partial charge in [-0.3, -0.25) is 4.79 Å². The molecule has 140 valence electrons. The van der Waals surface area contributed by atoms with Crippen LogP contribution in [0.3, 0.4) is 0 Å². The Balaban J connectivity index is 1.94. The number of phenolic OH excluding ortho intramolecular Hbond substituents is 2. The highest BCUT2D eigenvalue weighted by Crippen LogP contribution is 2.27. The lowest BCUT2D eigenvalue weighted by atomic mass is 10.1. The minimum absolute atomic E-state index is 0.0159. The first-order valence-electron chi connectivity index (χ1n) is 8.23. The SMILES string of the molecule is C=C(/C=C/c1ccc(OC)c(O)c1)CC(=O)/C=C/c1ccc(OC)c(O)c1. The molecule has 0 aromatic heterocycles. The minimum Gasteiger partial charge on any atom is -0.504 e. The molecule has 0 fully saturated rings. The summed E-state index contributed by atoms with van der Waals surface area (Å²) in [7, 11) is 2.96. The summed E-state index contributed by atoms with van der Waals surface area (Å²) in [5, 5.41) is 19.5. The molecule has 2 N–H and O–H groups in total. The highest BCUT2D eigenvalue weighted by Gasteiger charge is 2.03. The largest absolute Gasteiger partial charge is 0.504 e. The van der Waals surface area contributed by atoms with Crippen molar-refractivity contribution in [1.29, 1.82) is 0 Å². The molecule has 2 aromatic rings. The van der Waals surface area contributed by atoms with Crippen LogP contribution in [-0.4, -0.2) is 30.2 Å². The molecule has 0 heterocycles. The fraction of sp³-hybridized carbons (Fsp3) is 0.136. The minimum atomic E-state index is -0.113. The fourth-order valence-corrected chi connectivity index (χ4v) is 2.37. The van der Waals surface area contributed by atoms with Gasteiger partial charge in [-0.05, 0) is 47.0 Å². The van der Waals surface area contributed by atoms with E-state index in [4.69, 9.17) is 9.47 Å². The summed E-state index contributed by atoms with van der Waals surface area (Å²) < 4.78 is 9.97. The molecule has 0 amide bonds. The van der Waals surface area contributed by atoms with Crippen LogP contribution in [-0.2, 0) is 4.79 Å². The second-order valence-corrected chi connectivity index (χ2v) is 5.83. The van der Waals surface area contributed by atoms with Crippen LogP contribution < -0.4 is 9.47 Å². The number of allylic oxidation sites excluding steroid dienone is 3. The third kappa shape index (κ3) is 5.78. The average Bonchev–Trinajstić information content (AvgIpc) is 2.65. The fourth-order valence-electron chi connectivity index (χ4n) is 2.37. The van der Waals surface area contributed by atoms with Crippen molar-refractivity contribution in [2.45, 2.75) is 6.42 Å². The summed E-state index contributed by atoms with van der Waals surface area (Å²) >= 11 is 0. The molecule has 0 atom stereocenters. The van der Waals surface area contributed by atoms with Gasteiger partial charge in [0.1, 0.15) is 0 Å². The van der Waals surface area contributed by atoms with Crippen molar-refractivity contribution < 1.29 is 24.5 Å². The van der Waals surface area contributed by atoms with E-state index in [-0.39, 0.29) is 23.7 Å². The number of ketones is 1. The maximum atomic E-state index is 12.1. The molecule has 27 heavy (non-hydrogen) atoms. The van der Waals surface area contributed by atoms with Crippen LogP contribution in [0.15, 0.2) is 60.7 Å². The van der Waals surface area contributed by atoms with Gasteiger partial charge in [0.15, 0.2) is 28.8 Å². The molecule has 5 heteroatoms. The number of carbonyl (C=O) groups is 1. The Labute approximate surface area is 158 Å². The van der Waals surface area contributed by atoms with Gasteiger partial charge < -0.3 is 19.7 Å². The molecule has 0 bridgehead atoms. The molecule has 0 radical (unpaired) electrons. The van der Waals surface area contributed by atoms with Crippen LogP contribution in [0.25, 0.3) is 12.2 Å². The number of rotatable bonds is 8. The zero-order chi connectivity index (χ0) is 19.8. The second-order valence-electron chi connectivity index (χ2n) is 5.83. The van der Waals surface area contributed by atoms with Gasteiger partial charge in [-0.2, -0.15) is 0 Å². The molecular weight excluding hydrogens is 344 g/mol. The van der Waals surface area contributed by atoms with Gasteiger partial charge in [-0.1, -0.05) is 36.9 Å². The molecule has 0 aliphatic heterocycles. The zero-order valence-electron chi connectivity index (χ0n) is 15.3. The lowest BCUT2D eigenvalue weighted by Gasteiger charge is -2.04. The highest BCUT2D eigenvalue weighted by atomic mass is 16.5. The number of methoxy groups -OCH3 is 2. The number of carbonyl (C=O) groups excluding carboxylic acids is 1. The summed E-state index contributed by atoms with van der Waals surface area (Å²) in [6.07, 6.45) is 6.73. The Kier molecular flexibility index (Phi) is 6.83. The predicted molar refractivity (Wildman–Crippen MR) is 106 cm³/mol. The van der Waals surface area contributed by atoms with Crippen LogP contribution in [0.1, 0.15) is 17.5 Å². The third-order valence-electron chi connectivity index (χ3n) is 3.78. The summed E-state index contributed by atoms with van der Waals surface area (Å²) in [5.74, 6) is 0.726. The lowest BCUT2D eigenvalue weighted by molar-refractivity contribution is -0.113. The van der Waals surface area contributed by atoms with Crippen LogP contribution in [0.5, 0.6) is 23.0 Å². The summed E-state index contributed by atoms with van der Waals surface area (Å²) in [4.78, 5) is 12.1. The van der Waals surface area contributed by atoms with Gasteiger partial charge in [0, 0.05) is 6.42 Å². The molecule has 5 nitrogen and oxygen atoms in total. The van der Waals surface area contributed by atoms with Gasteiger partial charge >= 0.3 is 0 Å². The van der Waals surface area contributed by atoms with Crippen molar-refractivity contribution >= 4 is 17.9 Å². The number of hydrogen-bond acceptors (Lipinski definition) is 5. The topological polar surface area (TPSA) is 76.0 Å². The Morgan fingerprint density at radius 1 is 0.926 bits per heavy atom. The van der Waals surface area contributed by atoms with Crippen LogP contribution in [0.2, 0.25) is 0 Å². The smallest absolute Gasteiger partial charge is 0.160 e. The van der Waals surface area contributed by atoms with Crippen molar-refractivity contribution in [1.82, 2.24) is 0 Å². The Morgan fingerprint density at radius 2 is 1.41 bits per heavy atom.